The highest BCUT2D eigenvalue weighted by Gasteiger charge is 2.15. The first-order valence-corrected chi connectivity index (χ1v) is 9.98. The van der Waals surface area contributed by atoms with E-state index in [1.165, 1.54) is 7.11 Å². The quantitative estimate of drug-likeness (QED) is 0.434. The molecule has 0 spiro atoms. The first kappa shape index (κ1) is 22.6. The van der Waals surface area contributed by atoms with E-state index < -0.39 is 11.8 Å². The van der Waals surface area contributed by atoms with Gasteiger partial charge in [0.25, 0.3) is 11.8 Å². The molecule has 0 aromatic heterocycles. The number of hydrogen-bond acceptors (Lipinski definition) is 5. The molecule has 7 nitrogen and oxygen atoms in total. The van der Waals surface area contributed by atoms with Crippen molar-refractivity contribution in [1.29, 1.82) is 0 Å². The molecule has 0 heterocycles. The summed E-state index contributed by atoms with van der Waals surface area (Å²) < 4.78 is 11.5. The van der Waals surface area contributed by atoms with Crippen LogP contribution in [0.15, 0.2) is 46.9 Å². The van der Waals surface area contributed by atoms with Gasteiger partial charge in [0.05, 0.1) is 19.3 Å². The van der Waals surface area contributed by atoms with Crippen LogP contribution in [0.25, 0.3) is 0 Å². The Kier molecular flexibility index (Phi) is 8.41. The smallest absolute Gasteiger partial charge is 0.269 e. The third kappa shape index (κ3) is 7.03. The Morgan fingerprint density at radius 3 is 2.38 bits per heavy atom. The summed E-state index contributed by atoms with van der Waals surface area (Å²) in [5, 5.41) is 2.43. The van der Waals surface area contributed by atoms with Crippen LogP contribution in [-0.4, -0.2) is 30.6 Å². The lowest BCUT2D eigenvalue weighted by molar-refractivity contribution is 0.0934. The van der Waals surface area contributed by atoms with Crippen molar-refractivity contribution in [3.8, 4) is 11.5 Å². The van der Waals surface area contributed by atoms with Crippen LogP contribution in [-0.2, 0) is 0 Å². The first-order chi connectivity index (χ1) is 13.8. The molecule has 154 valence electrons. The predicted octanol–water partition coefficient (Wildman–Crippen LogP) is 3.44. The maximum Gasteiger partial charge on any atom is 0.269 e. The Hall–Kier alpha value is -2.65. The van der Waals surface area contributed by atoms with Crippen molar-refractivity contribution >= 4 is 45.1 Å². The van der Waals surface area contributed by atoms with Crippen molar-refractivity contribution in [1.82, 2.24) is 16.2 Å². The van der Waals surface area contributed by atoms with Crippen molar-refractivity contribution in [3.05, 3.63) is 58.1 Å². The van der Waals surface area contributed by atoms with E-state index in [1.807, 2.05) is 0 Å². The second-order valence-electron chi connectivity index (χ2n) is 6.44. The third-order valence-electron chi connectivity index (χ3n) is 3.62. The van der Waals surface area contributed by atoms with Crippen LogP contribution in [0.5, 0.6) is 11.5 Å². The molecule has 0 aliphatic rings. The minimum atomic E-state index is -0.471. The van der Waals surface area contributed by atoms with Crippen molar-refractivity contribution in [2.75, 3.05) is 13.7 Å². The van der Waals surface area contributed by atoms with Gasteiger partial charge in [-0.3, -0.25) is 25.8 Å². The van der Waals surface area contributed by atoms with Gasteiger partial charge >= 0.3 is 0 Å². The molecule has 0 bridgehead atoms. The number of carbonyl (C=O) groups is 2. The summed E-state index contributed by atoms with van der Waals surface area (Å²) in [6, 6.07) is 11.7. The van der Waals surface area contributed by atoms with Gasteiger partial charge in [-0.2, -0.15) is 0 Å². The molecule has 0 radical (unpaired) electrons. The minimum absolute atomic E-state index is 0.0535. The molecule has 0 fully saturated rings. The summed E-state index contributed by atoms with van der Waals surface area (Å²) in [6.45, 7) is 4.72. The SMILES string of the molecule is COc1ccc(Br)cc1C(=O)NC(=S)NNC(=O)c1ccc(OCC(C)C)cc1. The number of rotatable bonds is 6. The predicted molar refractivity (Wildman–Crippen MR) is 118 cm³/mol. The van der Waals surface area contributed by atoms with Crippen molar-refractivity contribution in [3.63, 3.8) is 0 Å². The molecule has 2 aromatic rings. The van der Waals surface area contributed by atoms with Gasteiger partial charge in [0.15, 0.2) is 5.11 Å². The molecule has 0 saturated heterocycles. The molecule has 29 heavy (non-hydrogen) atoms. The Morgan fingerprint density at radius 2 is 1.76 bits per heavy atom. The summed E-state index contributed by atoms with van der Waals surface area (Å²) in [5.41, 5.74) is 5.66. The van der Waals surface area contributed by atoms with Gasteiger partial charge in [-0.25, -0.2) is 0 Å². The fourth-order valence-corrected chi connectivity index (χ4v) is 2.72. The highest BCUT2D eigenvalue weighted by Crippen LogP contribution is 2.22. The molecule has 9 heteroatoms. The Bertz CT molecular complexity index is 888. The molecule has 0 aliphatic carbocycles. The van der Waals surface area contributed by atoms with Gasteiger partial charge in [-0.1, -0.05) is 29.8 Å². The van der Waals surface area contributed by atoms with E-state index in [2.05, 4.69) is 45.9 Å². The summed E-state index contributed by atoms with van der Waals surface area (Å²) in [4.78, 5) is 24.6. The molecular formula is C20H22BrN3O4S. The average molecular weight is 480 g/mol. The van der Waals surface area contributed by atoms with Crippen LogP contribution < -0.4 is 25.6 Å². The molecule has 2 aromatic carbocycles. The number of nitrogens with one attached hydrogen (secondary N) is 3. The van der Waals surface area contributed by atoms with Crippen LogP contribution in [0.1, 0.15) is 34.6 Å². The maximum atomic E-state index is 12.4. The van der Waals surface area contributed by atoms with Crippen molar-refractivity contribution in [2.24, 2.45) is 5.92 Å². The van der Waals surface area contributed by atoms with E-state index in [4.69, 9.17) is 21.7 Å². The van der Waals surface area contributed by atoms with Crippen LogP contribution in [0.2, 0.25) is 0 Å². The number of amides is 2. The second-order valence-corrected chi connectivity index (χ2v) is 7.76. The number of carbonyl (C=O) groups excluding carboxylic acids is 2. The van der Waals surface area contributed by atoms with E-state index in [0.29, 0.717) is 35.2 Å². The van der Waals surface area contributed by atoms with Crippen LogP contribution in [0.4, 0.5) is 0 Å². The molecule has 0 saturated carbocycles. The third-order valence-corrected chi connectivity index (χ3v) is 4.32. The molecule has 2 amide bonds. The number of thiocarbonyl (C=S) groups is 1. The van der Waals surface area contributed by atoms with Crippen molar-refractivity contribution < 1.29 is 19.1 Å². The monoisotopic (exact) mass is 479 g/mol. The molecule has 0 atom stereocenters. The Morgan fingerprint density at radius 1 is 1.07 bits per heavy atom. The van der Waals surface area contributed by atoms with Gasteiger partial charge in [-0.05, 0) is 60.6 Å². The average Bonchev–Trinajstić information content (AvgIpc) is 2.70. The number of methoxy groups -OCH3 is 1. The van der Waals surface area contributed by atoms with Gasteiger partial charge in [0, 0.05) is 10.0 Å². The molecule has 2 rings (SSSR count). The summed E-state index contributed by atoms with van der Waals surface area (Å²) in [6.07, 6.45) is 0. The number of hydrazine groups is 1. The minimum Gasteiger partial charge on any atom is -0.496 e. The van der Waals surface area contributed by atoms with E-state index >= 15 is 0 Å². The highest BCUT2D eigenvalue weighted by atomic mass is 79.9. The van der Waals surface area contributed by atoms with Crippen LogP contribution in [0.3, 0.4) is 0 Å². The van der Waals surface area contributed by atoms with E-state index in [9.17, 15) is 9.59 Å². The standard InChI is InChI=1S/C20H22BrN3O4S/c1-12(2)11-28-15-7-4-13(5-8-15)18(25)23-24-20(29)22-19(26)16-10-14(21)6-9-17(16)27-3/h4-10,12H,11H2,1-3H3,(H,23,25)(H2,22,24,26,29). The number of halogens is 1. The molecular weight excluding hydrogens is 458 g/mol. The normalized spacial score (nSPS) is 10.2. The largest absolute Gasteiger partial charge is 0.496 e. The maximum absolute atomic E-state index is 12.4. The highest BCUT2D eigenvalue weighted by molar-refractivity contribution is 9.10. The van der Waals surface area contributed by atoms with Gasteiger partial charge in [0.2, 0.25) is 0 Å². The van der Waals surface area contributed by atoms with E-state index in [1.54, 1.807) is 42.5 Å². The number of hydrogen-bond donors (Lipinski definition) is 3. The summed E-state index contributed by atoms with van der Waals surface area (Å²) in [7, 11) is 1.47. The summed E-state index contributed by atoms with van der Waals surface area (Å²) >= 11 is 8.37. The number of ether oxygens (including phenoxy) is 2. The molecule has 3 N–H and O–H groups in total. The fourth-order valence-electron chi connectivity index (χ4n) is 2.21. The van der Waals surface area contributed by atoms with Gasteiger partial charge < -0.3 is 9.47 Å². The zero-order chi connectivity index (χ0) is 21.4. The fraction of sp³-hybridized carbons (Fsp3) is 0.250. The topological polar surface area (TPSA) is 88.7 Å². The van der Waals surface area contributed by atoms with Gasteiger partial charge in [-0.15, -0.1) is 0 Å². The lowest BCUT2D eigenvalue weighted by Crippen LogP contribution is -2.48. The lowest BCUT2D eigenvalue weighted by Gasteiger charge is -2.13. The lowest BCUT2D eigenvalue weighted by atomic mass is 10.2. The van der Waals surface area contributed by atoms with E-state index in [-0.39, 0.29) is 5.11 Å². The molecule has 0 aliphatic heterocycles. The van der Waals surface area contributed by atoms with Crippen molar-refractivity contribution in [2.45, 2.75) is 13.8 Å². The van der Waals surface area contributed by atoms with Gasteiger partial charge in [0.1, 0.15) is 11.5 Å². The second kappa shape index (κ2) is 10.8. The van der Waals surface area contributed by atoms with E-state index in [0.717, 1.165) is 4.47 Å². The Labute approximate surface area is 183 Å². The number of benzene rings is 2. The zero-order valence-corrected chi connectivity index (χ0v) is 18.6. The first-order valence-electron chi connectivity index (χ1n) is 8.78. The van der Waals surface area contributed by atoms with Crippen LogP contribution in [0, 0.1) is 5.92 Å². The van der Waals surface area contributed by atoms with Crippen LogP contribution >= 0.6 is 28.1 Å². The zero-order valence-electron chi connectivity index (χ0n) is 16.2. The molecule has 0 unspecified atom stereocenters. The Balaban J connectivity index is 1.88. The summed E-state index contributed by atoms with van der Waals surface area (Å²) in [5.74, 6) is 0.625.